The van der Waals surface area contributed by atoms with Crippen molar-refractivity contribution in [2.75, 3.05) is 6.61 Å². The maximum absolute atomic E-state index is 12.3. The largest absolute Gasteiger partial charge is 0.481 e. The van der Waals surface area contributed by atoms with Crippen LogP contribution in [0.1, 0.15) is 84.5 Å². The van der Waals surface area contributed by atoms with Crippen molar-refractivity contribution in [3.05, 3.63) is 24.3 Å². The maximum Gasteiger partial charge on any atom is 0.306 e. The van der Waals surface area contributed by atoms with Gasteiger partial charge in [-0.2, -0.15) is 0 Å². The lowest BCUT2D eigenvalue weighted by molar-refractivity contribution is -0.147. The number of carboxylic acid groups (broad SMARTS) is 1. The van der Waals surface area contributed by atoms with E-state index in [-0.39, 0.29) is 30.6 Å². The van der Waals surface area contributed by atoms with Crippen LogP contribution in [0.15, 0.2) is 24.3 Å². The van der Waals surface area contributed by atoms with E-state index in [1.54, 1.807) is 0 Å². The summed E-state index contributed by atoms with van der Waals surface area (Å²) in [4.78, 5) is 34.0. The topological polar surface area (TPSA) is 101 Å². The number of esters is 1. The van der Waals surface area contributed by atoms with Crippen LogP contribution < -0.4 is 0 Å². The number of aliphatic carboxylic acids is 1. The Balaban J connectivity index is 2.27. The van der Waals surface area contributed by atoms with Crippen molar-refractivity contribution in [3.8, 4) is 0 Å². The molecule has 176 valence electrons. The summed E-state index contributed by atoms with van der Waals surface area (Å²) in [7, 11) is 0. The molecule has 1 rings (SSSR count). The summed E-state index contributed by atoms with van der Waals surface area (Å²) in [6, 6.07) is 0. The van der Waals surface area contributed by atoms with E-state index in [1.165, 1.54) is 0 Å². The highest BCUT2D eigenvalue weighted by Gasteiger charge is 2.32. The zero-order chi connectivity index (χ0) is 23.1. The van der Waals surface area contributed by atoms with Gasteiger partial charge in [0.1, 0.15) is 5.78 Å². The van der Waals surface area contributed by atoms with Crippen LogP contribution in [0.2, 0.25) is 0 Å². The molecule has 31 heavy (non-hydrogen) atoms. The van der Waals surface area contributed by atoms with E-state index in [4.69, 9.17) is 9.84 Å². The van der Waals surface area contributed by atoms with Crippen molar-refractivity contribution >= 4 is 17.7 Å². The van der Waals surface area contributed by atoms with Gasteiger partial charge in [0, 0.05) is 12.3 Å². The Morgan fingerprint density at radius 1 is 1.19 bits per heavy atom. The molecule has 1 aliphatic carbocycles. The third-order valence-electron chi connectivity index (χ3n) is 5.93. The van der Waals surface area contributed by atoms with Gasteiger partial charge in [0.05, 0.1) is 25.6 Å². The smallest absolute Gasteiger partial charge is 0.306 e. The van der Waals surface area contributed by atoms with Crippen LogP contribution in [0.4, 0.5) is 0 Å². The lowest BCUT2D eigenvalue weighted by atomic mass is 9.90. The summed E-state index contributed by atoms with van der Waals surface area (Å²) in [6.45, 7) is 4.53. The Hall–Kier alpha value is -1.95. The number of Topliss-reactive ketones (excluding diaryl/α,β-unsaturated/α-hetero) is 1. The van der Waals surface area contributed by atoms with Crippen molar-refractivity contribution in [1.82, 2.24) is 0 Å². The van der Waals surface area contributed by atoms with Gasteiger partial charge in [-0.25, -0.2) is 0 Å². The van der Waals surface area contributed by atoms with Crippen LogP contribution in [0, 0.1) is 17.8 Å². The molecule has 0 bridgehead atoms. The molecule has 0 spiro atoms. The molecular weight excluding hydrogens is 396 g/mol. The number of rotatable bonds is 16. The van der Waals surface area contributed by atoms with E-state index in [0.29, 0.717) is 18.8 Å². The maximum atomic E-state index is 12.3. The number of unbranched alkanes of at least 4 members (excludes halogenated alkanes) is 3. The van der Waals surface area contributed by atoms with Crippen LogP contribution in [-0.4, -0.2) is 40.6 Å². The molecule has 1 saturated carbocycles. The van der Waals surface area contributed by atoms with Gasteiger partial charge in [0.25, 0.3) is 0 Å². The van der Waals surface area contributed by atoms with Gasteiger partial charge in [0.2, 0.25) is 0 Å². The highest BCUT2D eigenvalue weighted by atomic mass is 16.5. The number of hydrogen-bond donors (Lipinski definition) is 2. The summed E-state index contributed by atoms with van der Waals surface area (Å²) in [5.41, 5.74) is 0. The average Bonchev–Trinajstić information content (AvgIpc) is 3.09. The number of ketones is 1. The van der Waals surface area contributed by atoms with Gasteiger partial charge < -0.3 is 14.9 Å². The second kappa shape index (κ2) is 15.8. The van der Waals surface area contributed by atoms with E-state index in [9.17, 15) is 19.5 Å². The van der Waals surface area contributed by atoms with Crippen LogP contribution in [0.5, 0.6) is 0 Å². The second-order valence-electron chi connectivity index (χ2n) is 8.59. The number of carboxylic acids is 1. The quantitative estimate of drug-likeness (QED) is 0.204. The molecule has 1 fully saturated rings. The van der Waals surface area contributed by atoms with E-state index in [1.807, 2.05) is 6.08 Å². The van der Waals surface area contributed by atoms with Crippen LogP contribution in [0.3, 0.4) is 0 Å². The first-order valence-electron chi connectivity index (χ1n) is 11.8. The Morgan fingerprint density at radius 3 is 2.68 bits per heavy atom. The van der Waals surface area contributed by atoms with Gasteiger partial charge in [-0.05, 0) is 50.4 Å². The molecule has 6 heteroatoms. The Labute approximate surface area is 186 Å². The summed E-state index contributed by atoms with van der Waals surface area (Å²) in [5, 5.41) is 18.8. The molecule has 2 N–H and O–H groups in total. The Bertz CT molecular complexity index is 609. The van der Waals surface area contributed by atoms with Gasteiger partial charge in [-0.1, -0.05) is 51.0 Å². The SMILES string of the molecule is CCCCC(C)[C@H](O)C=C[C@H]1CCC(=O)[C@@H]1CC=CCCCCOC(=O)CCC(=O)O. The van der Waals surface area contributed by atoms with Crippen molar-refractivity contribution in [2.24, 2.45) is 17.8 Å². The first kappa shape index (κ1) is 27.1. The molecule has 1 aliphatic rings. The number of aliphatic hydroxyl groups excluding tert-OH is 1. The first-order chi connectivity index (χ1) is 14.8. The summed E-state index contributed by atoms with van der Waals surface area (Å²) < 4.78 is 4.99. The lowest BCUT2D eigenvalue weighted by Crippen LogP contribution is -2.16. The molecule has 0 radical (unpaired) electrons. The van der Waals surface area contributed by atoms with Gasteiger partial charge in [0.15, 0.2) is 0 Å². The van der Waals surface area contributed by atoms with Crippen molar-refractivity contribution < 1.29 is 29.3 Å². The van der Waals surface area contributed by atoms with E-state index in [2.05, 4.69) is 32.1 Å². The number of carbonyl (C=O) groups excluding carboxylic acids is 2. The summed E-state index contributed by atoms with van der Waals surface area (Å²) >= 11 is 0. The third kappa shape index (κ3) is 11.9. The first-order valence-corrected chi connectivity index (χ1v) is 11.8. The molecule has 0 aromatic rings. The second-order valence-corrected chi connectivity index (χ2v) is 8.59. The molecule has 1 unspecified atom stereocenters. The van der Waals surface area contributed by atoms with Crippen LogP contribution in [0.25, 0.3) is 0 Å². The van der Waals surface area contributed by atoms with E-state index >= 15 is 0 Å². The number of allylic oxidation sites excluding steroid dienone is 3. The fraction of sp³-hybridized carbons (Fsp3) is 0.720. The standard InChI is InChI=1S/C25H40O6/c1-3-4-10-19(2)22(26)14-12-20-13-15-23(27)21(20)11-8-6-5-7-9-18-31-25(30)17-16-24(28)29/h6,8,12,14,19-22,26H,3-5,7,9-11,13,15-18H2,1-2H3,(H,28,29)/t19?,20-,21+,22+/m0/s1. The minimum Gasteiger partial charge on any atom is -0.481 e. The Kier molecular flexibility index (Phi) is 13.8. The third-order valence-corrected chi connectivity index (χ3v) is 5.93. The number of ether oxygens (including phenoxy) is 1. The number of carbonyl (C=O) groups is 3. The predicted molar refractivity (Wildman–Crippen MR) is 120 cm³/mol. The molecule has 0 aromatic heterocycles. The molecule has 4 atom stereocenters. The summed E-state index contributed by atoms with van der Waals surface area (Å²) in [5.74, 6) is -0.722. The average molecular weight is 437 g/mol. The normalized spacial score (nSPS) is 21.1. The molecule has 0 saturated heterocycles. The van der Waals surface area contributed by atoms with Gasteiger partial charge in [-0.3, -0.25) is 14.4 Å². The zero-order valence-corrected chi connectivity index (χ0v) is 19.1. The van der Waals surface area contributed by atoms with Gasteiger partial charge >= 0.3 is 11.9 Å². The minimum atomic E-state index is -1.00. The monoisotopic (exact) mass is 436 g/mol. The fourth-order valence-corrected chi connectivity index (χ4v) is 3.81. The Morgan fingerprint density at radius 2 is 1.97 bits per heavy atom. The van der Waals surface area contributed by atoms with Crippen LogP contribution in [-0.2, 0) is 19.1 Å². The lowest BCUT2D eigenvalue weighted by Gasteiger charge is -2.17. The molecular formula is C25H40O6. The highest BCUT2D eigenvalue weighted by Crippen LogP contribution is 2.33. The number of aliphatic hydroxyl groups is 1. The van der Waals surface area contributed by atoms with Gasteiger partial charge in [-0.15, -0.1) is 0 Å². The molecule has 0 amide bonds. The van der Waals surface area contributed by atoms with E-state index in [0.717, 1.165) is 51.4 Å². The van der Waals surface area contributed by atoms with Crippen LogP contribution >= 0.6 is 0 Å². The van der Waals surface area contributed by atoms with Crippen molar-refractivity contribution in [3.63, 3.8) is 0 Å². The minimum absolute atomic E-state index is 0.000776. The molecule has 0 aliphatic heterocycles. The summed E-state index contributed by atoms with van der Waals surface area (Å²) in [6.07, 6.45) is 15.2. The van der Waals surface area contributed by atoms with Crippen molar-refractivity contribution in [1.29, 1.82) is 0 Å². The van der Waals surface area contributed by atoms with Crippen molar-refractivity contribution in [2.45, 2.75) is 90.6 Å². The fourth-order valence-electron chi connectivity index (χ4n) is 3.81. The van der Waals surface area contributed by atoms with E-state index < -0.39 is 18.0 Å². The highest BCUT2D eigenvalue weighted by molar-refractivity contribution is 5.83. The zero-order valence-electron chi connectivity index (χ0n) is 19.1. The molecule has 0 heterocycles. The molecule has 6 nitrogen and oxygen atoms in total. The molecule has 0 aromatic carbocycles. The predicted octanol–water partition coefficient (Wildman–Crippen LogP) is 4.85. The number of hydrogen-bond acceptors (Lipinski definition) is 5.